The number of nitrogens with two attached hydrogens (primary N) is 1. The molecule has 2 aromatic carbocycles. The number of pyridine rings is 1. The van der Waals surface area contributed by atoms with Crippen molar-refractivity contribution in [2.24, 2.45) is 0 Å². The van der Waals surface area contributed by atoms with Crippen LogP contribution in [0.5, 0.6) is 5.75 Å². The Labute approximate surface area is 118 Å². The molecule has 100 valence electrons. The van der Waals surface area contributed by atoms with Gasteiger partial charge in [-0.3, -0.25) is 4.98 Å². The van der Waals surface area contributed by atoms with Crippen LogP contribution in [-0.4, -0.2) is 12.1 Å². The molecule has 0 aliphatic carbocycles. The molecule has 0 fully saturated rings. The average molecular weight is 264 g/mol. The van der Waals surface area contributed by atoms with E-state index in [1.807, 2.05) is 43.3 Å². The molecule has 3 aromatic rings. The van der Waals surface area contributed by atoms with Gasteiger partial charge in [0.2, 0.25) is 0 Å². The molecular formula is C17H16N2O. The van der Waals surface area contributed by atoms with Crippen molar-refractivity contribution in [2.45, 2.75) is 6.92 Å². The van der Waals surface area contributed by atoms with Gasteiger partial charge in [-0.1, -0.05) is 24.3 Å². The highest BCUT2D eigenvalue weighted by Gasteiger charge is 2.09. The fourth-order valence-electron chi connectivity index (χ4n) is 2.49. The Hall–Kier alpha value is -2.55. The second kappa shape index (κ2) is 4.85. The van der Waals surface area contributed by atoms with Crippen LogP contribution in [0.15, 0.2) is 48.5 Å². The highest BCUT2D eigenvalue weighted by atomic mass is 16.5. The quantitative estimate of drug-likeness (QED) is 0.765. The number of aromatic nitrogens is 1. The fraction of sp³-hybridized carbons (Fsp3) is 0.118. The van der Waals surface area contributed by atoms with Gasteiger partial charge in [-0.15, -0.1) is 0 Å². The number of methoxy groups -OCH3 is 1. The van der Waals surface area contributed by atoms with Gasteiger partial charge in [-0.25, -0.2) is 0 Å². The third kappa shape index (κ3) is 2.07. The predicted molar refractivity (Wildman–Crippen MR) is 82.9 cm³/mol. The van der Waals surface area contributed by atoms with Crippen molar-refractivity contribution in [1.82, 2.24) is 4.98 Å². The third-order valence-electron chi connectivity index (χ3n) is 3.37. The maximum absolute atomic E-state index is 6.19. The van der Waals surface area contributed by atoms with Gasteiger partial charge in [0.15, 0.2) is 0 Å². The molecule has 3 heteroatoms. The van der Waals surface area contributed by atoms with Crippen molar-refractivity contribution in [3.05, 3.63) is 54.2 Å². The van der Waals surface area contributed by atoms with Crippen molar-refractivity contribution in [1.29, 1.82) is 0 Å². The van der Waals surface area contributed by atoms with E-state index in [1.165, 1.54) is 0 Å². The summed E-state index contributed by atoms with van der Waals surface area (Å²) in [5.74, 6) is 0.832. The first-order valence-electron chi connectivity index (χ1n) is 6.49. The monoisotopic (exact) mass is 264 g/mol. The summed E-state index contributed by atoms with van der Waals surface area (Å²) in [6.45, 7) is 1.95. The van der Waals surface area contributed by atoms with Crippen molar-refractivity contribution in [2.75, 3.05) is 12.8 Å². The summed E-state index contributed by atoms with van der Waals surface area (Å²) in [4.78, 5) is 4.55. The predicted octanol–water partition coefficient (Wildman–Crippen LogP) is 3.80. The maximum atomic E-state index is 6.19. The summed E-state index contributed by atoms with van der Waals surface area (Å²) in [6.07, 6.45) is 0. The molecule has 1 aromatic heterocycles. The molecule has 1 heterocycles. The van der Waals surface area contributed by atoms with E-state index in [9.17, 15) is 0 Å². The summed E-state index contributed by atoms with van der Waals surface area (Å²) >= 11 is 0. The van der Waals surface area contributed by atoms with Gasteiger partial charge in [0.05, 0.1) is 12.6 Å². The summed E-state index contributed by atoms with van der Waals surface area (Å²) in [5, 5.41) is 0.992. The van der Waals surface area contributed by atoms with Gasteiger partial charge in [0, 0.05) is 16.8 Å². The Bertz CT molecular complexity index is 781. The molecule has 3 rings (SSSR count). The molecule has 3 nitrogen and oxygen atoms in total. The van der Waals surface area contributed by atoms with Crippen molar-refractivity contribution >= 4 is 16.6 Å². The van der Waals surface area contributed by atoms with Crippen LogP contribution in [0, 0.1) is 6.92 Å². The number of nitrogens with zero attached hydrogens (tertiary/aromatic N) is 1. The van der Waals surface area contributed by atoms with Gasteiger partial charge in [-0.2, -0.15) is 0 Å². The highest BCUT2D eigenvalue weighted by molar-refractivity contribution is 6.02. The molecule has 0 amide bonds. The summed E-state index contributed by atoms with van der Waals surface area (Å²) in [5.41, 5.74) is 10.9. The van der Waals surface area contributed by atoms with E-state index in [0.29, 0.717) is 0 Å². The van der Waals surface area contributed by atoms with Gasteiger partial charge in [0.25, 0.3) is 0 Å². The average Bonchev–Trinajstić information content (AvgIpc) is 2.46. The normalized spacial score (nSPS) is 10.7. The number of aryl methyl sites for hydroxylation is 1. The molecule has 0 radical (unpaired) electrons. The molecule has 0 aliphatic heterocycles. The van der Waals surface area contributed by atoms with Crippen LogP contribution in [0.4, 0.5) is 5.69 Å². The van der Waals surface area contributed by atoms with Crippen LogP contribution in [0.1, 0.15) is 5.69 Å². The number of hydrogen-bond acceptors (Lipinski definition) is 3. The summed E-state index contributed by atoms with van der Waals surface area (Å²) in [7, 11) is 1.67. The minimum absolute atomic E-state index is 0.755. The number of hydrogen-bond donors (Lipinski definition) is 1. The first-order valence-corrected chi connectivity index (χ1v) is 6.49. The van der Waals surface area contributed by atoms with Crippen molar-refractivity contribution in [3.63, 3.8) is 0 Å². The zero-order valence-electron chi connectivity index (χ0n) is 11.6. The minimum atomic E-state index is 0.755. The number of ether oxygens (including phenoxy) is 1. The number of rotatable bonds is 2. The van der Waals surface area contributed by atoms with Crippen LogP contribution in [-0.2, 0) is 0 Å². The van der Waals surface area contributed by atoms with Crippen LogP contribution in [0.25, 0.3) is 22.0 Å². The van der Waals surface area contributed by atoms with Gasteiger partial charge in [0.1, 0.15) is 5.75 Å². The van der Waals surface area contributed by atoms with E-state index in [4.69, 9.17) is 10.5 Å². The molecule has 0 atom stereocenters. The molecule has 0 spiro atoms. The van der Waals surface area contributed by atoms with Crippen molar-refractivity contribution in [3.8, 4) is 16.9 Å². The molecule has 0 aliphatic rings. The van der Waals surface area contributed by atoms with E-state index in [0.717, 1.165) is 39.2 Å². The van der Waals surface area contributed by atoms with Crippen molar-refractivity contribution < 1.29 is 4.74 Å². The third-order valence-corrected chi connectivity index (χ3v) is 3.37. The Morgan fingerprint density at radius 3 is 2.65 bits per heavy atom. The smallest absolute Gasteiger partial charge is 0.119 e. The number of benzene rings is 2. The molecule has 0 bridgehead atoms. The summed E-state index contributed by atoms with van der Waals surface area (Å²) in [6, 6.07) is 15.9. The number of nitrogen functional groups attached to an aromatic ring is 1. The van der Waals surface area contributed by atoms with Crippen LogP contribution in [0.2, 0.25) is 0 Å². The largest absolute Gasteiger partial charge is 0.497 e. The van der Waals surface area contributed by atoms with E-state index in [1.54, 1.807) is 7.11 Å². The van der Waals surface area contributed by atoms with Crippen LogP contribution < -0.4 is 10.5 Å². The van der Waals surface area contributed by atoms with E-state index in [2.05, 4.69) is 17.1 Å². The van der Waals surface area contributed by atoms with E-state index < -0.39 is 0 Å². The first-order chi connectivity index (χ1) is 9.69. The first kappa shape index (κ1) is 12.5. The highest BCUT2D eigenvalue weighted by Crippen LogP contribution is 2.33. The molecule has 0 saturated heterocycles. The second-order valence-corrected chi connectivity index (χ2v) is 4.78. The Balaban J connectivity index is 2.30. The minimum Gasteiger partial charge on any atom is -0.497 e. The fourth-order valence-corrected chi connectivity index (χ4v) is 2.49. The lowest BCUT2D eigenvalue weighted by Gasteiger charge is -2.11. The lowest BCUT2D eigenvalue weighted by Crippen LogP contribution is -1.94. The molecular weight excluding hydrogens is 248 g/mol. The maximum Gasteiger partial charge on any atom is 0.119 e. The molecule has 0 unspecified atom stereocenters. The number of anilines is 1. The lowest BCUT2D eigenvalue weighted by atomic mass is 9.99. The van der Waals surface area contributed by atoms with E-state index in [-0.39, 0.29) is 0 Å². The molecule has 0 saturated carbocycles. The van der Waals surface area contributed by atoms with Gasteiger partial charge >= 0.3 is 0 Å². The molecule has 20 heavy (non-hydrogen) atoms. The SMILES string of the molecule is COc1cccc(-c2cccc3nc(C)cc(N)c23)c1. The topological polar surface area (TPSA) is 48.1 Å². The Morgan fingerprint density at radius 2 is 1.85 bits per heavy atom. The standard InChI is InChI=1S/C17H16N2O/c1-11-9-15(18)17-14(7-4-8-16(17)19-11)12-5-3-6-13(10-12)20-2/h3-10H,1-2H3,(H2,18,19). The van der Waals surface area contributed by atoms with Crippen LogP contribution in [0.3, 0.4) is 0 Å². The zero-order valence-corrected chi connectivity index (χ0v) is 11.6. The molecule has 2 N–H and O–H groups in total. The summed E-state index contributed by atoms with van der Waals surface area (Å²) < 4.78 is 5.29. The van der Waals surface area contributed by atoms with E-state index >= 15 is 0 Å². The van der Waals surface area contributed by atoms with Gasteiger partial charge in [-0.05, 0) is 42.3 Å². The Kier molecular flexibility index (Phi) is 3.03. The second-order valence-electron chi connectivity index (χ2n) is 4.78. The van der Waals surface area contributed by atoms with Gasteiger partial charge < -0.3 is 10.5 Å². The lowest BCUT2D eigenvalue weighted by molar-refractivity contribution is 0.415. The Morgan fingerprint density at radius 1 is 1.05 bits per heavy atom. The number of fused-ring (bicyclic) bond motifs is 1. The van der Waals surface area contributed by atoms with Crippen LogP contribution >= 0.6 is 0 Å². The zero-order chi connectivity index (χ0) is 14.1.